The summed E-state index contributed by atoms with van der Waals surface area (Å²) in [4.78, 5) is 17.8. The molecule has 2 aromatic rings. The van der Waals surface area contributed by atoms with Gasteiger partial charge in [-0.3, -0.25) is 4.79 Å². The van der Waals surface area contributed by atoms with Gasteiger partial charge < -0.3 is 5.32 Å². The molecule has 1 amide bonds. The molecule has 2 aliphatic rings. The molecule has 2 saturated carbocycles. The van der Waals surface area contributed by atoms with Crippen molar-refractivity contribution in [3.05, 3.63) is 16.4 Å². The number of carbonyl (C=O) groups excluding carboxylic acids is 1. The molecule has 0 spiro atoms. The lowest BCUT2D eigenvalue weighted by molar-refractivity contribution is 0.0935. The van der Waals surface area contributed by atoms with Crippen LogP contribution in [0.2, 0.25) is 0 Å². The predicted octanol–water partition coefficient (Wildman–Crippen LogP) is 2.96. The zero-order valence-electron chi connectivity index (χ0n) is 13.1. The molecule has 2 atom stereocenters. The van der Waals surface area contributed by atoms with E-state index in [2.05, 4.69) is 15.4 Å². The average Bonchev–Trinajstić information content (AvgIpc) is 2.99. The summed E-state index contributed by atoms with van der Waals surface area (Å²) in [5, 5.41) is 8.48. The van der Waals surface area contributed by atoms with Gasteiger partial charge in [0, 0.05) is 6.54 Å². The van der Waals surface area contributed by atoms with E-state index in [1.54, 1.807) is 4.52 Å². The smallest absolute Gasteiger partial charge is 0.271 e. The van der Waals surface area contributed by atoms with Crippen molar-refractivity contribution in [3.63, 3.8) is 0 Å². The lowest BCUT2D eigenvalue weighted by Gasteiger charge is -2.19. The topological polar surface area (TPSA) is 59.3 Å². The highest BCUT2D eigenvalue weighted by atomic mass is 32.1. The summed E-state index contributed by atoms with van der Waals surface area (Å²) in [5.41, 5.74) is 1.36. The van der Waals surface area contributed by atoms with Crippen molar-refractivity contribution >= 4 is 22.2 Å². The first-order valence-corrected chi connectivity index (χ1v) is 9.06. The average molecular weight is 318 g/mol. The van der Waals surface area contributed by atoms with Crippen LogP contribution in [0.25, 0.3) is 4.96 Å². The highest BCUT2D eigenvalue weighted by Crippen LogP contribution is 2.47. The maximum absolute atomic E-state index is 12.6. The molecule has 22 heavy (non-hydrogen) atoms. The molecular formula is C16H22N4OS. The van der Waals surface area contributed by atoms with Gasteiger partial charge in [-0.2, -0.15) is 9.61 Å². The number of hydrogen-bond donors (Lipinski definition) is 1. The first-order chi connectivity index (χ1) is 10.6. The molecule has 5 nitrogen and oxygen atoms in total. The number of nitrogens with zero attached hydrogens (tertiary/aromatic N) is 3. The molecular weight excluding hydrogens is 296 g/mol. The van der Waals surface area contributed by atoms with Crippen LogP contribution in [0.1, 0.15) is 53.3 Å². The summed E-state index contributed by atoms with van der Waals surface area (Å²) in [6.45, 7) is 4.62. The standard InChI is InChI=1S/C16H22N4OS/c1-9-14(20-16(18-9)22-10(2)19-20)15(21)17-8-12-4-3-5-13(12)11-6-7-11/h11-13H,3-8H2,1-2H3,(H,17,21). The van der Waals surface area contributed by atoms with Gasteiger partial charge in [0.15, 0.2) is 5.69 Å². The molecule has 2 aliphatic carbocycles. The van der Waals surface area contributed by atoms with E-state index >= 15 is 0 Å². The summed E-state index contributed by atoms with van der Waals surface area (Å²) in [6.07, 6.45) is 6.73. The van der Waals surface area contributed by atoms with Crippen LogP contribution in [0.5, 0.6) is 0 Å². The zero-order chi connectivity index (χ0) is 15.3. The second kappa shape index (κ2) is 5.33. The van der Waals surface area contributed by atoms with E-state index in [0.29, 0.717) is 11.6 Å². The summed E-state index contributed by atoms with van der Waals surface area (Å²) < 4.78 is 1.69. The number of imidazole rings is 1. The summed E-state index contributed by atoms with van der Waals surface area (Å²) in [6, 6.07) is 0. The Labute approximate surface area is 134 Å². The normalized spacial score (nSPS) is 25.0. The zero-order valence-corrected chi connectivity index (χ0v) is 13.9. The van der Waals surface area contributed by atoms with Crippen LogP contribution in [0, 0.1) is 31.6 Å². The number of hydrogen-bond acceptors (Lipinski definition) is 4. The molecule has 0 radical (unpaired) electrons. The van der Waals surface area contributed by atoms with Gasteiger partial charge in [-0.05, 0) is 57.3 Å². The SMILES string of the molecule is Cc1nn2c(C(=O)NCC3CCCC3C3CC3)c(C)nc2s1. The van der Waals surface area contributed by atoms with E-state index in [4.69, 9.17) is 0 Å². The Morgan fingerprint density at radius 3 is 2.91 bits per heavy atom. The molecule has 2 aromatic heterocycles. The minimum Gasteiger partial charge on any atom is -0.350 e. The van der Waals surface area contributed by atoms with Gasteiger partial charge in [0.2, 0.25) is 4.96 Å². The van der Waals surface area contributed by atoms with Gasteiger partial charge in [0.1, 0.15) is 5.01 Å². The van der Waals surface area contributed by atoms with Gasteiger partial charge in [0.25, 0.3) is 5.91 Å². The molecule has 4 rings (SSSR count). The lowest BCUT2D eigenvalue weighted by atomic mass is 9.91. The molecule has 0 aliphatic heterocycles. The minimum absolute atomic E-state index is 0.0308. The van der Waals surface area contributed by atoms with Crippen LogP contribution < -0.4 is 5.32 Å². The van der Waals surface area contributed by atoms with Crippen LogP contribution in [0.15, 0.2) is 0 Å². The van der Waals surface area contributed by atoms with Crippen LogP contribution in [0.3, 0.4) is 0 Å². The van der Waals surface area contributed by atoms with E-state index in [-0.39, 0.29) is 5.91 Å². The molecule has 0 bridgehead atoms. The summed E-state index contributed by atoms with van der Waals surface area (Å²) in [5.74, 6) is 2.41. The van der Waals surface area contributed by atoms with Gasteiger partial charge in [-0.15, -0.1) is 0 Å². The molecule has 1 N–H and O–H groups in total. The van der Waals surface area contributed by atoms with E-state index in [9.17, 15) is 4.79 Å². The maximum Gasteiger partial charge on any atom is 0.271 e. The molecule has 118 valence electrons. The third kappa shape index (κ3) is 2.43. The Kier molecular flexibility index (Phi) is 3.44. The molecule has 2 fully saturated rings. The third-order valence-electron chi connectivity index (χ3n) is 5.16. The van der Waals surface area contributed by atoms with Gasteiger partial charge in [0.05, 0.1) is 5.69 Å². The van der Waals surface area contributed by atoms with Crippen molar-refractivity contribution in [2.45, 2.75) is 46.0 Å². The van der Waals surface area contributed by atoms with Crippen molar-refractivity contribution in [2.24, 2.45) is 17.8 Å². The Hall–Kier alpha value is -1.43. The number of aromatic nitrogens is 3. The molecule has 0 saturated heterocycles. The Bertz CT molecular complexity index is 715. The first kappa shape index (κ1) is 14.2. The van der Waals surface area contributed by atoms with Crippen molar-refractivity contribution in [3.8, 4) is 0 Å². The Morgan fingerprint density at radius 1 is 1.32 bits per heavy atom. The van der Waals surface area contributed by atoms with Gasteiger partial charge >= 0.3 is 0 Å². The Morgan fingerprint density at radius 2 is 2.14 bits per heavy atom. The summed E-state index contributed by atoms with van der Waals surface area (Å²) in [7, 11) is 0. The summed E-state index contributed by atoms with van der Waals surface area (Å²) >= 11 is 1.52. The van der Waals surface area contributed by atoms with Crippen LogP contribution >= 0.6 is 11.3 Å². The fourth-order valence-corrected chi connectivity index (χ4v) is 4.76. The fourth-order valence-electron chi connectivity index (χ4n) is 3.98. The van der Waals surface area contributed by atoms with E-state index in [0.717, 1.165) is 34.0 Å². The molecule has 0 aromatic carbocycles. The van der Waals surface area contributed by atoms with Crippen LogP contribution in [0.4, 0.5) is 0 Å². The largest absolute Gasteiger partial charge is 0.350 e. The highest BCUT2D eigenvalue weighted by Gasteiger charge is 2.39. The molecule has 2 heterocycles. The fraction of sp³-hybridized carbons (Fsp3) is 0.688. The minimum atomic E-state index is -0.0308. The quantitative estimate of drug-likeness (QED) is 0.943. The molecule has 6 heteroatoms. The maximum atomic E-state index is 12.6. The van der Waals surface area contributed by atoms with Gasteiger partial charge in [-0.1, -0.05) is 17.8 Å². The lowest BCUT2D eigenvalue weighted by Crippen LogP contribution is -2.32. The number of nitrogens with one attached hydrogen (secondary N) is 1. The molecule has 2 unspecified atom stereocenters. The van der Waals surface area contributed by atoms with Crippen molar-refractivity contribution in [2.75, 3.05) is 6.54 Å². The number of amides is 1. The number of aryl methyl sites for hydroxylation is 2. The first-order valence-electron chi connectivity index (χ1n) is 8.24. The van der Waals surface area contributed by atoms with Gasteiger partial charge in [-0.25, -0.2) is 4.98 Å². The highest BCUT2D eigenvalue weighted by molar-refractivity contribution is 7.16. The third-order valence-corrected chi connectivity index (χ3v) is 5.99. The van der Waals surface area contributed by atoms with Crippen molar-refractivity contribution in [1.82, 2.24) is 19.9 Å². The second-order valence-corrected chi connectivity index (χ2v) is 7.92. The monoisotopic (exact) mass is 318 g/mol. The number of rotatable bonds is 4. The number of carbonyl (C=O) groups is 1. The van der Waals surface area contributed by atoms with E-state index in [1.807, 2.05) is 13.8 Å². The van der Waals surface area contributed by atoms with E-state index in [1.165, 1.54) is 43.4 Å². The number of fused-ring (bicyclic) bond motifs is 1. The van der Waals surface area contributed by atoms with E-state index < -0.39 is 0 Å². The van der Waals surface area contributed by atoms with Crippen molar-refractivity contribution < 1.29 is 4.79 Å². The van der Waals surface area contributed by atoms with Crippen LogP contribution in [-0.4, -0.2) is 27.0 Å². The van der Waals surface area contributed by atoms with Crippen LogP contribution in [-0.2, 0) is 0 Å². The second-order valence-electron chi connectivity index (χ2n) is 6.76. The predicted molar refractivity (Wildman–Crippen MR) is 86.2 cm³/mol. The van der Waals surface area contributed by atoms with Crippen molar-refractivity contribution in [1.29, 1.82) is 0 Å². The Balaban J connectivity index is 1.48.